The van der Waals surface area contributed by atoms with Gasteiger partial charge in [-0.05, 0) is 19.1 Å². The van der Waals surface area contributed by atoms with Crippen LogP contribution in [0.25, 0.3) is 0 Å². The molecule has 0 saturated carbocycles. The minimum absolute atomic E-state index is 0.0995. The minimum Gasteiger partial charge on any atom is -0.449 e. The van der Waals surface area contributed by atoms with Crippen molar-refractivity contribution in [2.24, 2.45) is 0 Å². The molecule has 0 aliphatic rings. The van der Waals surface area contributed by atoms with E-state index >= 15 is 0 Å². The molecule has 0 saturated heterocycles. The van der Waals surface area contributed by atoms with Gasteiger partial charge in [0.15, 0.2) is 0 Å². The van der Waals surface area contributed by atoms with Crippen molar-refractivity contribution >= 4 is 37.2 Å². The van der Waals surface area contributed by atoms with Gasteiger partial charge in [-0.25, -0.2) is 13.2 Å². The number of nitro groups is 1. The van der Waals surface area contributed by atoms with E-state index in [0.717, 1.165) is 23.1 Å². The summed E-state index contributed by atoms with van der Waals surface area (Å²) in [6.45, 7) is 1.69. The topological polar surface area (TPSA) is 107 Å². The van der Waals surface area contributed by atoms with E-state index < -0.39 is 30.7 Å². The van der Waals surface area contributed by atoms with E-state index in [2.05, 4.69) is 0 Å². The maximum atomic E-state index is 11.5. The van der Waals surface area contributed by atoms with E-state index in [4.69, 9.17) is 15.4 Å². The average molecular weight is 323 g/mol. The van der Waals surface area contributed by atoms with Crippen molar-refractivity contribution in [3.63, 3.8) is 0 Å². The van der Waals surface area contributed by atoms with Crippen molar-refractivity contribution < 1.29 is 22.9 Å². The Kier molecular flexibility index (Phi) is 4.90. The van der Waals surface area contributed by atoms with Gasteiger partial charge in [0.25, 0.3) is 14.7 Å². The number of ether oxygens (including phenoxy) is 1. The van der Waals surface area contributed by atoms with Crippen molar-refractivity contribution in [3.8, 4) is 0 Å². The molecule has 10 heteroatoms. The number of carbonyl (C=O) groups is 1. The molecule has 0 unspecified atom stereocenters. The van der Waals surface area contributed by atoms with Crippen molar-refractivity contribution in [2.75, 3.05) is 18.6 Å². The average Bonchev–Trinajstić information content (AvgIpc) is 2.36. The van der Waals surface area contributed by atoms with Gasteiger partial charge in [-0.1, -0.05) is 0 Å². The number of nitrogens with zero attached hydrogens (tertiary/aromatic N) is 2. The highest BCUT2D eigenvalue weighted by Gasteiger charge is 2.25. The van der Waals surface area contributed by atoms with Crippen LogP contribution in [-0.4, -0.2) is 33.1 Å². The molecule has 0 radical (unpaired) electrons. The van der Waals surface area contributed by atoms with E-state index in [9.17, 15) is 23.3 Å². The van der Waals surface area contributed by atoms with Crippen LogP contribution in [0.5, 0.6) is 0 Å². The summed E-state index contributed by atoms with van der Waals surface area (Å²) in [6.07, 6.45) is -0.794. The number of anilines is 1. The van der Waals surface area contributed by atoms with Crippen LogP contribution >= 0.6 is 10.7 Å². The molecule has 0 heterocycles. The number of amides is 1. The van der Waals surface area contributed by atoms with E-state index in [1.807, 2.05) is 0 Å². The maximum absolute atomic E-state index is 11.5. The van der Waals surface area contributed by atoms with Crippen LogP contribution in [0.4, 0.5) is 16.2 Å². The molecule has 20 heavy (non-hydrogen) atoms. The molecule has 1 amide bonds. The molecule has 0 N–H and O–H groups in total. The quantitative estimate of drug-likeness (QED) is 0.477. The molecule has 0 aliphatic heterocycles. The van der Waals surface area contributed by atoms with E-state index in [-0.39, 0.29) is 12.3 Å². The molecule has 0 spiro atoms. The molecule has 0 aromatic heterocycles. The Morgan fingerprint density at radius 3 is 2.55 bits per heavy atom. The van der Waals surface area contributed by atoms with Gasteiger partial charge < -0.3 is 4.74 Å². The Morgan fingerprint density at radius 2 is 2.10 bits per heavy atom. The zero-order chi connectivity index (χ0) is 15.5. The number of hydrogen-bond donors (Lipinski definition) is 0. The molecule has 0 bridgehead atoms. The molecule has 1 rings (SSSR count). The fourth-order valence-electron chi connectivity index (χ4n) is 1.40. The van der Waals surface area contributed by atoms with Crippen molar-refractivity contribution in [1.29, 1.82) is 0 Å². The normalized spacial score (nSPS) is 10.9. The predicted molar refractivity (Wildman–Crippen MR) is 71.6 cm³/mol. The van der Waals surface area contributed by atoms with Gasteiger partial charge in [0.1, 0.15) is 5.69 Å². The maximum Gasteiger partial charge on any atom is 0.414 e. The third-order valence-corrected chi connectivity index (χ3v) is 3.68. The number of benzene rings is 1. The SMILES string of the molecule is CCOC(=O)N(C)c1ccc(S(=O)(=O)Cl)cc1[N+](=O)[O-]. The summed E-state index contributed by atoms with van der Waals surface area (Å²) in [6, 6.07) is 2.97. The second kappa shape index (κ2) is 6.06. The van der Waals surface area contributed by atoms with Crippen LogP contribution in [0.15, 0.2) is 23.1 Å². The summed E-state index contributed by atoms with van der Waals surface area (Å²) < 4.78 is 27.0. The Hall–Kier alpha value is -1.87. The van der Waals surface area contributed by atoms with Crippen LogP contribution in [0.2, 0.25) is 0 Å². The van der Waals surface area contributed by atoms with E-state index in [0.29, 0.717) is 0 Å². The van der Waals surface area contributed by atoms with Gasteiger partial charge in [-0.2, -0.15) is 0 Å². The monoisotopic (exact) mass is 322 g/mol. The first-order valence-corrected chi connectivity index (χ1v) is 7.63. The number of rotatable bonds is 4. The third-order valence-electron chi connectivity index (χ3n) is 2.33. The van der Waals surface area contributed by atoms with Crippen LogP contribution in [0.3, 0.4) is 0 Å². The van der Waals surface area contributed by atoms with Gasteiger partial charge in [0.05, 0.1) is 16.4 Å². The molecule has 8 nitrogen and oxygen atoms in total. The summed E-state index contributed by atoms with van der Waals surface area (Å²) >= 11 is 0. The Balaban J connectivity index is 3.34. The third kappa shape index (κ3) is 3.58. The molecule has 1 aromatic carbocycles. The molecule has 110 valence electrons. The largest absolute Gasteiger partial charge is 0.449 e. The summed E-state index contributed by atoms with van der Waals surface area (Å²) in [4.78, 5) is 22.2. The lowest BCUT2D eigenvalue weighted by Gasteiger charge is -2.16. The number of halogens is 1. The van der Waals surface area contributed by atoms with Crippen LogP contribution < -0.4 is 4.90 Å². The zero-order valence-electron chi connectivity index (χ0n) is 10.6. The first-order valence-electron chi connectivity index (χ1n) is 5.32. The highest BCUT2D eigenvalue weighted by atomic mass is 35.7. The first kappa shape index (κ1) is 16.2. The highest BCUT2D eigenvalue weighted by molar-refractivity contribution is 8.13. The lowest BCUT2D eigenvalue weighted by molar-refractivity contribution is -0.384. The first-order chi connectivity index (χ1) is 9.18. The lowest BCUT2D eigenvalue weighted by Crippen LogP contribution is -2.27. The molecule has 0 fully saturated rings. The Labute approximate surface area is 119 Å². The fraction of sp³-hybridized carbons (Fsp3) is 0.300. The smallest absolute Gasteiger partial charge is 0.414 e. The summed E-state index contributed by atoms with van der Waals surface area (Å²) in [7, 11) is 2.30. The van der Waals surface area contributed by atoms with Crippen LogP contribution in [0, 0.1) is 10.1 Å². The van der Waals surface area contributed by atoms with Gasteiger partial charge in [0.2, 0.25) is 0 Å². The predicted octanol–water partition coefficient (Wildman–Crippen LogP) is 2.12. The Morgan fingerprint density at radius 1 is 1.50 bits per heavy atom. The van der Waals surface area contributed by atoms with Crippen molar-refractivity contribution in [2.45, 2.75) is 11.8 Å². The van der Waals surface area contributed by atoms with E-state index in [1.165, 1.54) is 7.05 Å². The molecule has 1 aromatic rings. The molecule has 0 atom stereocenters. The summed E-state index contributed by atoms with van der Waals surface area (Å²) in [5, 5.41) is 11.0. The summed E-state index contributed by atoms with van der Waals surface area (Å²) in [5.41, 5.74) is -0.667. The van der Waals surface area contributed by atoms with Gasteiger partial charge in [-0.15, -0.1) is 0 Å². The lowest BCUT2D eigenvalue weighted by atomic mass is 10.2. The standard InChI is InChI=1S/C10H11ClN2O6S/c1-3-19-10(14)12(2)8-5-4-7(20(11,17)18)6-9(8)13(15)16/h4-6H,3H2,1-2H3. The van der Waals surface area contributed by atoms with Crippen LogP contribution in [-0.2, 0) is 13.8 Å². The van der Waals surface area contributed by atoms with Crippen molar-refractivity contribution in [3.05, 3.63) is 28.3 Å². The number of nitro benzene ring substituents is 1. The van der Waals surface area contributed by atoms with Crippen molar-refractivity contribution in [1.82, 2.24) is 0 Å². The van der Waals surface area contributed by atoms with Gasteiger partial charge >= 0.3 is 6.09 Å². The second-order valence-corrected chi connectivity index (χ2v) is 6.17. The molecule has 0 aliphatic carbocycles. The number of carbonyl (C=O) groups excluding carboxylic acids is 1. The summed E-state index contributed by atoms with van der Waals surface area (Å²) in [5.74, 6) is 0. The van der Waals surface area contributed by atoms with Gasteiger partial charge in [0, 0.05) is 23.8 Å². The van der Waals surface area contributed by atoms with E-state index in [1.54, 1.807) is 6.92 Å². The molecular formula is C10H11ClN2O6S. The zero-order valence-corrected chi connectivity index (χ0v) is 12.1. The molecular weight excluding hydrogens is 312 g/mol. The second-order valence-electron chi connectivity index (χ2n) is 3.60. The Bertz CT molecular complexity index is 645. The van der Waals surface area contributed by atoms with Crippen LogP contribution in [0.1, 0.15) is 6.92 Å². The number of hydrogen-bond acceptors (Lipinski definition) is 6. The van der Waals surface area contributed by atoms with Gasteiger partial charge in [-0.3, -0.25) is 15.0 Å². The highest BCUT2D eigenvalue weighted by Crippen LogP contribution is 2.31. The fourth-order valence-corrected chi connectivity index (χ4v) is 2.17. The minimum atomic E-state index is -4.10.